The van der Waals surface area contributed by atoms with Gasteiger partial charge in [-0.1, -0.05) is 29.3 Å². The third-order valence-corrected chi connectivity index (χ3v) is 6.52. The summed E-state index contributed by atoms with van der Waals surface area (Å²) in [6, 6.07) is 5.18. The van der Waals surface area contributed by atoms with Gasteiger partial charge >= 0.3 is 5.97 Å². The second-order valence-electron chi connectivity index (χ2n) is 6.73. The molecule has 2 heterocycles. The quantitative estimate of drug-likeness (QED) is 0.533. The minimum atomic E-state index is -0.434. The van der Waals surface area contributed by atoms with Crippen molar-refractivity contribution in [3.63, 3.8) is 0 Å². The number of aryl methyl sites for hydroxylation is 1. The molecule has 29 heavy (non-hydrogen) atoms. The van der Waals surface area contributed by atoms with E-state index in [1.165, 1.54) is 11.3 Å². The summed E-state index contributed by atoms with van der Waals surface area (Å²) in [4.78, 5) is 35.3. The standard InChI is InChI=1S/C20H21Cl2N3O3S/c1-5-28-20(27)16-10(2)15-18(26)23-17(24-19(15)29-16)11(3)25(4)9-12-6-7-13(21)8-14(12)22/h6-8,11H,5,9H2,1-4H3,(H,23,24,26). The van der Waals surface area contributed by atoms with Crippen molar-refractivity contribution in [2.24, 2.45) is 0 Å². The van der Waals surface area contributed by atoms with E-state index < -0.39 is 5.97 Å². The van der Waals surface area contributed by atoms with Gasteiger partial charge in [-0.2, -0.15) is 0 Å². The summed E-state index contributed by atoms with van der Waals surface area (Å²) in [7, 11) is 1.92. The second kappa shape index (κ2) is 8.83. The number of aromatic nitrogens is 2. The highest BCUT2D eigenvalue weighted by Crippen LogP contribution is 2.29. The van der Waals surface area contributed by atoms with E-state index in [2.05, 4.69) is 9.97 Å². The Balaban J connectivity index is 1.92. The molecule has 6 nitrogen and oxygen atoms in total. The Labute approximate surface area is 182 Å². The van der Waals surface area contributed by atoms with Crippen molar-refractivity contribution in [1.29, 1.82) is 0 Å². The van der Waals surface area contributed by atoms with E-state index in [1.54, 1.807) is 26.0 Å². The average molecular weight is 454 g/mol. The molecule has 0 amide bonds. The second-order valence-corrected chi connectivity index (χ2v) is 8.58. The zero-order valence-electron chi connectivity index (χ0n) is 16.5. The van der Waals surface area contributed by atoms with Crippen molar-refractivity contribution < 1.29 is 9.53 Å². The first kappa shape index (κ1) is 21.8. The Bertz CT molecular complexity index is 1130. The summed E-state index contributed by atoms with van der Waals surface area (Å²) in [5, 5.41) is 1.59. The van der Waals surface area contributed by atoms with Crippen LogP contribution in [0.15, 0.2) is 23.0 Å². The summed E-state index contributed by atoms with van der Waals surface area (Å²) in [5.41, 5.74) is 1.25. The van der Waals surface area contributed by atoms with Crippen LogP contribution in [-0.2, 0) is 11.3 Å². The number of hydrogen-bond donors (Lipinski definition) is 1. The number of esters is 1. The van der Waals surface area contributed by atoms with Crippen LogP contribution in [0.4, 0.5) is 0 Å². The maximum absolute atomic E-state index is 12.7. The maximum Gasteiger partial charge on any atom is 0.348 e. The zero-order valence-corrected chi connectivity index (χ0v) is 18.8. The highest BCUT2D eigenvalue weighted by atomic mass is 35.5. The smallest absolute Gasteiger partial charge is 0.348 e. The molecule has 2 aromatic heterocycles. The number of rotatable bonds is 6. The number of ether oxygens (including phenoxy) is 1. The molecule has 0 aliphatic heterocycles. The summed E-state index contributed by atoms with van der Waals surface area (Å²) in [6.07, 6.45) is 0. The first-order chi connectivity index (χ1) is 13.7. The molecule has 154 valence electrons. The summed E-state index contributed by atoms with van der Waals surface area (Å²) in [5.74, 6) is 0.0863. The molecule has 0 saturated carbocycles. The lowest BCUT2D eigenvalue weighted by Gasteiger charge is -2.24. The van der Waals surface area contributed by atoms with Crippen LogP contribution in [0.2, 0.25) is 10.0 Å². The van der Waals surface area contributed by atoms with Gasteiger partial charge in [-0.15, -0.1) is 11.3 Å². The fourth-order valence-corrected chi connectivity index (χ4v) is 4.56. The molecule has 0 fully saturated rings. The van der Waals surface area contributed by atoms with E-state index in [-0.39, 0.29) is 18.2 Å². The number of aromatic amines is 1. The van der Waals surface area contributed by atoms with Crippen molar-refractivity contribution in [2.75, 3.05) is 13.7 Å². The Morgan fingerprint density at radius 1 is 1.38 bits per heavy atom. The van der Waals surface area contributed by atoms with E-state index in [1.807, 2.05) is 24.9 Å². The molecule has 3 aromatic rings. The SMILES string of the molecule is CCOC(=O)c1sc2nc(C(C)N(C)Cc3ccc(Cl)cc3Cl)[nH]c(=O)c2c1C. The zero-order chi connectivity index (χ0) is 21.3. The average Bonchev–Trinajstić information content (AvgIpc) is 3.00. The molecule has 0 spiro atoms. The topological polar surface area (TPSA) is 75.3 Å². The van der Waals surface area contributed by atoms with Crippen molar-refractivity contribution >= 4 is 50.7 Å². The minimum Gasteiger partial charge on any atom is -0.462 e. The van der Waals surface area contributed by atoms with Crippen LogP contribution in [0, 0.1) is 6.92 Å². The van der Waals surface area contributed by atoms with Gasteiger partial charge < -0.3 is 9.72 Å². The van der Waals surface area contributed by atoms with Crippen molar-refractivity contribution in [2.45, 2.75) is 33.4 Å². The van der Waals surface area contributed by atoms with E-state index in [9.17, 15) is 9.59 Å². The predicted octanol–water partition coefficient (Wildman–Crippen LogP) is 4.97. The third-order valence-electron chi connectivity index (χ3n) is 4.77. The number of benzene rings is 1. The first-order valence-corrected chi connectivity index (χ1v) is 10.6. The molecular formula is C20H21Cl2N3O3S. The summed E-state index contributed by atoms with van der Waals surface area (Å²) in [6.45, 7) is 6.25. The van der Waals surface area contributed by atoms with Crippen LogP contribution in [0.3, 0.4) is 0 Å². The van der Waals surface area contributed by atoms with Crippen LogP contribution in [-0.4, -0.2) is 34.5 Å². The molecule has 1 N–H and O–H groups in total. The molecule has 9 heteroatoms. The number of carbonyl (C=O) groups excluding carboxylic acids is 1. The molecule has 0 aliphatic carbocycles. The number of thiophene rings is 1. The van der Waals surface area contributed by atoms with E-state index in [4.69, 9.17) is 27.9 Å². The number of carbonyl (C=O) groups is 1. The highest BCUT2D eigenvalue weighted by Gasteiger charge is 2.22. The van der Waals surface area contributed by atoms with Gasteiger partial charge in [0.05, 0.1) is 18.0 Å². The van der Waals surface area contributed by atoms with Crippen LogP contribution in [0.5, 0.6) is 0 Å². The van der Waals surface area contributed by atoms with Crippen molar-refractivity contribution in [3.8, 4) is 0 Å². The van der Waals surface area contributed by atoms with E-state index in [0.717, 1.165) is 5.56 Å². The fourth-order valence-electron chi connectivity index (χ4n) is 3.01. The number of fused-ring (bicyclic) bond motifs is 1. The van der Waals surface area contributed by atoms with Crippen LogP contribution < -0.4 is 5.56 Å². The number of nitrogens with one attached hydrogen (secondary N) is 1. The lowest BCUT2D eigenvalue weighted by atomic mass is 10.1. The molecular weight excluding hydrogens is 433 g/mol. The first-order valence-electron chi connectivity index (χ1n) is 9.07. The van der Waals surface area contributed by atoms with Crippen molar-refractivity contribution in [1.82, 2.24) is 14.9 Å². The van der Waals surface area contributed by atoms with Gasteiger partial charge in [-0.3, -0.25) is 9.69 Å². The monoisotopic (exact) mass is 453 g/mol. The highest BCUT2D eigenvalue weighted by molar-refractivity contribution is 7.20. The predicted molar refractivity (Wildman–Crippen MR) is 117 cm³/mol. The number of halogens is 2. The lowest BCUT2D eigenvalue weighted by Crippen LogP contribution is -2.26. The Morgan fingerprint density at radius 2 is 2.10 bits per heavy atom. The molecule has 0 radical (unpaired) electrons. The molecule has 0 aliphatic rings. The number of hydrogen-bond acceptors (Lipinski definition) is 6. The van der Waals surface area contributed by atoms with Crippen LogP contribution >= 0.6 is 34.5 Å². The van der Waals surface area contributed by atoms with Crippen LogP contribution in [0.25, 0.3) is 10.2 Å². The van der Waals surface area contributed by atoms with E-state index in [0.29, 0.717) is 43.1 Å². The van der Waals surface area contributed by atoms with Gasteiger partial charge in [-0.05, 0) is 51.1 Å². The van der Waals surface area contributed by atoms with Crippen LogP contribution in [0.1, 0.15) is 46.5 Å². The Morgan fingerprint density at radius 3 is 2.76 bits per heavy atom. The molecule has 1 atom stereocenters. The molecule has 3 rings (SSSR count). The third kappa shape index (κ3) is 4.48. The number of H-pyrrole nitrogens is 1. The Hall–Kier alpha value is -1.93. The molecule has 0 saturated heterocycles. The van der Waals surface area contributed by atoms with Gasteiger partial charge in [-0.25, -0.2) is 9.78 Å². The van der Waals surface area contributed by atoms with Gasteiger partial charge in [0.2, 0.25) is 0 Å². The van der Waals surface area contributed by atoms with Gasteiger partial charge in [0.1, 0.15) is 15.5 Å². The van der Waals surface area contributed by atoms with Gasteiger partial charge in [0.15, 0.2) is 0 Å². The van der Waals surface area contributed by atoms with Gasteiger partial charge in [0.25, 0.3) is 5.56 Å². The fraction of sp³-hybridized carbons (Fsp3) is 0.350. The molecule has 1 aromatic carbocycles. The number of nitrogens with zero attached hydrogens (tertiary/aromatic N) is 2. The lowest BCUT2D eigenvalue weighted by molar-refractivity contribution is 0.0531. The Kier molecular flexibility index (Phi) is 6.63. The van der Waals surface area contributed by atoms with E-state index >= 15 is 0 Å². The molecule has 0 bridgehead atoms. The largest absolute Gasteiger partial charge is 0.462 e. The summed E-state index contributed by atoms with van der Waals surface area (Å²) < 4.78 is 5.08. The van der Waals surface area contributed by atoms with Gasteiger partial charge in [0, 0.05) is 16.6 Å². The maximum atomic E-state index is 12.7. The minimum absolute atomic E-state index is 0.188. The van der Waals surface area contributed by atoms with Crippen molar-refractivity contribution in [3.05, 3.63) is 60.4 Å². The summed E-state index contributed by atoms with van der Waals surface area (Å²) >= 11 is 13.4. The normalized spacial score (nSPS) is 12.5. The molecule has 1 unspecified atom stereocenters.